The summed E-state index contributed by atoms with van der Waals surface area (Å²) in [6, 6.07) is 33.5. The zero-order chi connectivity index (χ0) is 44.7. The number of hydrogen-bond acceptors (Lipinski definition) is 12. The third-order valence-corrected chi connectivity index (χ3v) is 11.0. The van der Waals surface area contributed by atoms with E-state index >= 15 is 0 Å². The lowest BCUT2D eigenvalue weighted by atomic mass is 9.97. The summed E-state index contributed by atoms with van der Waals surface area (Å²) in [5.41, 5.74) is 7.47. The van der Waals surface area contributed by atoms with Crippen molar-refractivity contribution in [3.05, 3.63) is 125 Å². The van der Waals surface area contributed by atoms with Gasteiger partial charge < -0.3 is 29.9 Å². The maximum absolute atomic E-state index is 13.3. The molecule has 5 aromatic carbocycles. The van der Waals surface area contributed by atoms with E-state index in [1.807, 2.05) is 97.1 Å². The first kappa shape index (κ1) is 44.5. The smallest absolute Gasteiger partial charge is 0.300 e. The SMILES string of the molecule is COc1ccc(-c2noc(CC(=O)Nc3ccc(-c4ccc(NC(=O)CCCCCCCCCCCNc5ccc([N+](=O)[O-])c6nonc56)cc4)cc3)c2-c2ccc(OC)cc2)cc1. The molecule has 0 saturated carbocycles. The van der Waals surface area contributed by atoms with Crippen molar-refractivity contribution in [1.29, 1.82) is 0 Å². The van der Waals surface area contributed by atoms with Gasteiger partial charge in [-0.05, 0) is 107 Å². The van der Waals surface area contributed by atoms with Gasteiger partial charge in [0.1, 0.15) is 17.2 Å². The molecule has 64 heavy (non-hydrogen) atoms. The highest BCUT2D eigenvalue weighted by Gasteiger charge is 2.23. The summed E-state index contributed by atoms with van der Waals surface area (Å²) in [4.78, 5) is 36.7. The van der Waals surface area contributed by atoms with E-state index in [0.717, 1.165) is 97.2 Å². The van der Waals surface area contributed by atoms with Crippen molar-refractivity contribution in [3.63, 3.8) is 0 Å². The number of methoxy groups -OCH3 is 2. The van der Waals surface area contributed by atoms with Gasteiger partial charge in [-0.3, -0.25) is 19.7 Å². The van der Waals surface area contributed by atoms with Crippen LogP contribution in [0, 0.1) is 10.1 Å². The van der Waals surface area contributed by atoms with Gasteiger partial charge in [0.25, 0.3) is 0 Å². The van der Waals surface area contributed by atoms with Crippen LogP contribution in [0.4, 0.5) is 22.7 Å². The molecule has 0 aliphatic heterocycles. The van der Waals surface area contributed by atoms with Crippen LogP contribution >= 0.6 is 0 Å². The molecule has 0 unspecified atom stereocenters. The van der Waals surface area contributed by atoms with E-state index in [1.165, 1.54) is 12.5 Å². The zero-order valence-corrected chi connectivity index (χ0v) is 35.9. The number of unbranched alkanes of at least 4 members (excludes halogenated alkanes) is 8. The Morgan fingerprint density at radius 3 is 1.69 bits per heavy atom. The Bertz CT molecular complexity index is 2620. The first-order chi connectivity index (χ1) is 31.3. The number of fused-ring (bicyclic) bond motifs is 1. The molecule has 330 valence electrons. The molecule has 7 rings (SSSR count). The van der Waals surface area contributed by atoms with Crippen molar-refractivity contribution in [2.75, 3.05) is 36.7 Å². The summed E-state index contributed by atoms with van der Waals surface area (Å²) in [7, 11) is 3.23. The van der Waals surface area contributed by atoms with Gasteiger partial charge in [0, 0.05) is 36.0 Å². The number of nitrogens with one attached hydrogen (secondary N) is 3. The molecule has 15 nitrogen and oxygen atoms in total. The highest BCUT2D eigenvalue weighted by atomic mass is 16.6. The number of nitro benzene ring substituents is 1. The van der Waals surface area contributed by atoms with Crippen LogP contribution in [0.2, 0.25) is 0 Å². The number of aromatic nitrogens is 3. The van der Waals surface area contributed by atoms with Gasteiger partial charge in [-0.25, -0.2) is 4.63 Å². The fourth-order valence-corrected chi connectivity index (χ4v) is 7.53. The van der Waals surface area contributed by atoms with E-state index in [0.29, 0.717) is 40.5 Å². The number of carbonyl (C=O) groups is 2. The number of amides is 2. The third-order valence-electron chi connectivity index (χ3n) is 11.0. The number of ether oxygens (including phenoxy) is 2. The van der Waals surface area contributed by atoms with Crippen molar-refractivity contribution in [3.8, 4) is 45.0 Å². The van der Waals surface area contributed by atoms with Crippen LogP contribution in [0.15, 0.2) is 118 Å². The van der Waals surface area contributed by atoms with E-state index in [1.54, 1.807) is 20.3 Å². The number of nitrogens with zero attached hydrogens (tertiary/aromatic N) is 4. The third kappa shape index (κ3) is 11.7. The lowest BCUT2D eigenvalue weighted by Crippen LogP contribution is -2.14. The lowest BCUT2D eigenvalue weighted by molar-refractivity contribution is -0.383. The molecule has 0 bridgehead atoms. The van der Waals surface area contributed by atoms with Crippen LogP contribution in [-0.4, -0.2) is 53.0 Å². The average molecular weight is 866 g/mol. The Morgan fingerprint density at radius 1 is 0.594 bits per heavy atom. The predicted octanol–water partition coefficient (Wildman–Crippen LogP) is 11.3. The second-order valence-electron chi connectivity index (χ2n) is 15.4. The fourth-order valence-electron chi connectivity index (χ4n) is 7.53. The van der Waals surface area contributed by atoms with E-state index in [2.05, 4.69) is 31.4 Å². The molecule has 2 aromatic heterocycles. The molecule has 0 saturated heterocycles. The van der Waals surface area contributed by atoms with Crippen LogP contribution in [0.5, 0.6) is 11.5 Å². The van der Waals surface area contributed by atoms with Gasteiger partial charge in [0.15, 0.2) is 11.3 Å². The molecule has 0 aliphatic carbocycles. The van der Waals surface area contributed by atoms with E-state index in [-0.39, 0.29) is 29.4 Å². The van der Waals surface area contributed by atoms with Crippen molar-refractivity contribution in [2.24, 2.45) is 0 Å². The van der Waals surface area contributed by atoms with E-state index < -0.39 is 4.92 Å². The largest absolute Gasteiger partial charge is 0.497 e. The molecule has 15 heteroatoms. The fraction of sp³-hybridized carbons (Fsp3) is 0.286. The summed E-state index contributed by atoms with van der Waals surface area (Å²) >= 11 is 0. The van der Waals surface area contributed by atoms with Gasteiger partial charge in [-0.2, -0.15) is 0 Å². The van der Waals surface area contributed by atoms with Crippen LogP contribution in [0.3, 0.4) is 0 Å². The number of carbonyl (C=O) groups excluding carboxylic acids is 2. The number of nitro groups is 1. The van der Waals surface area contributed by atoms with Gasteiger partial charge in [-0.15, -0.1) is 0 Å². The Morgan fingerprint density at radius 2 is 1.11 bits per heavy atom. The molecule has 0 radical (unpaired) electrons. The predicted molar refractivity (Wildman–Crippen MR) is 246 cm³/mol. The summed E-state index contributed by atoms with van der Waals surface area (Å²) in [5.74, 6) is 1.64. The molecule has 2 heterocycles. The molecule has 0 atom stereocenters. The van der Waals surface area contributed by atoms with Gasteiger partial charge >= 0.3 is 5.69 Å². The van der Waals surface area contributed by atoms with Crippen molar-refractivity contribution in [2.45, 2.75) is 70.6 Å². The Kier molecular flexibility index (Phi) is 15.3. The topological polar surface area (TPSA) is 197 Å². The molecule has 7 aromatic rings. The van der Waals surface area contributed by atoms with E-state index in [9.17, 15) is 19.7 Å². The number of benzene rings is 5. The molecule has 2 amide bonds. The number of rotatable bonds is 23. The zero-order valence-electron chi connectivity index (χ0n) is 35.9. The Labute approximate surface area is 370 Å². The first-order valence-electron chi connectivity index (χ1n) is 21.5. The second-order valence-corrected chi connectivity index (χ2v) is 15.4. The second kappa shape index (κ2) is 22.0. The molecule has 0 fully saturated rings. The number of hydrogen-bond donors (Lipinski definition) is 3. The van der Waals surface area contributed by atoms with Crippen LogP contribution < -0.4 is 25.4 Å². The molecule has 0 spiro atoms. The molecule has 0 aliphatic rings. The molecular formula is C49H51N7O8. The molecule has 3 N–H and O–H groups in total. The summed E-state index contributed by atoms with van der Waals surface area (Å²) < 4.78 is 21.2. The number of anilines is 3. The van der Waals surface area contributed by atoms with Crippen LogP contribution in [-0.2, 0) is 16.0 Å². The minimum atomic E-state index is -0.493. The minimum absolute atomic E-state index is 0.00846. The minimum Gasteiger partial charge on any atom is -0.497 e. The summed E-state index contributed by atoms with van der Waals surface area (Å²) in [5, 5.41) is 32.3. The maximum Gasteiger partial charge on any atom is 0.300 e. The Balaban J connectivity index is 0.787. The van der Waals surface area contributed by atoms with Gasteiger partial charge in [0.2, 0.25) is 17.3 Å². The number of non-ortho nitro benzene ring substituents is 1. The highest BCUT2D eigenvalue weighted by molar-refractivity contribution is 5.95. The van der Waals surface area contributed by atoms with Crippen molar-refractivity contribution in [1.82, 2.24) is 15.5 Å². The monoisotopic (exact) mass is 865 g/mol. The average Bonchev–Trinajstić information content (AvgIpc) is 3.98. The summed E-state index contributed by atoms with van der Waals surface area (Å²) in [6.45, 7) is 0.735. The van der Waals surface area contributed by atoms with Gasteiger partial charge in [0.05, 0.1) is 36.8 Å². The van der Waals surface area contributed by atoms with Crippen molar-refractivity contribution < 1.29 is 33.1 Å². The normalized spacial score (nSPS) is 11.0. The standard InChI is InChI=1S/C49H51N7O8/c1-61-39-25-17-35(18-26-39)46-43(63-53-47(46)36-19-27-40(62-2)28-20-36)32-45(58)52-38-23-15-34(16-24-38)33-13-21-37(22-14-33)51-44(57)12-10-8-6-4-3-5-7-9-11-31-50-41-29-30-42(56(59)60)49-48(41)54-64-55-49/h13-30,50H,3-12,31-32H2,1-2H3,(H,51,57)(H,52,58). The summed E-state index contributed by atoms with van der Waals surface area (Å²) in [6.07, 6.45) is 10.1. The highest BCUT2D eigenvalue weighted by Crippen LogP contribution is 2.37. The van der Waals surface area contributed by atoms with E-state index in [4.69, 9.17) is 18.6 Å². The Hall–Kier alpha value is -7.55. The van der Waals surface area contributed by atoms with Crippen LogP contribution in [0.1, 0.15) is 70.0 Å². The molecular weight excluding hydrogens is 815 g/mol. The maximum atomic E-state index is 13.3. The lowest BCUT2D eigenvalue weighted by Gasteiger charge is -2.09. The van der Waals surface area contributed by atoms with Gasteiger partial charge in [-0.1, -0.05) is 86.5 Å². The van der Waals surface area contributed by atoms with Crippen molar-refractivity contribution >= 4 is 45.6 Å². The first-order valence-corrected chi connectivity index (χ1v) is 21.5. The van der Waals surface area contributed by atoms with Crippen LogP contribution in [0.25, 0.3) is 44.5 Å². The quantitative estimate of drug-likeness (QED) is 0.0313.